The minimum Gasteiger partial charge on any atom is -0.330 e. The number of amides is 1. The Morgan fingerprint density at radius 2 is 1.80 bits per heavy atom. The number of hydrogen-bond donors (Lipinski definition) is 1. The van der Waals surface area contributed by atoms with E-state index in [0.29, 0.717) is 47.2 Å². The first-order valence-electron chi connectivity index (χ1n) is 13.3. The molecule has 0 saturated heterocycles. The first kappa shape index (κ1) is 29.4. The first-order valence-corrected chi connectivity index (χ1v) is 13.7. The van der Waals surface area contributed by atoms with Crippen molar-refractivity contribution in [3.8, 4) is 11.3 Å². The van der Waals surface area contributed by atoms with Gasteiger partial charge in [0.25, 0.3) is 5.91 Å². The molecule has 4 rings (SSSR count). The van der Waals surface area contributed by atoms with Crippen molar-refractivity contribution in [3.05, 3.63) is 112 Å². The molecule has 3 aromatic carbocycles. The lowest BCUT2D eigenvalue weighted by molar-refractivity contribution is 0.0482. The predicted molar refractivity (Wildman–Crippen MR) is 156 cm³/mol. The number of benzene rings is 3. The topological polar surface area (TPSA) is 64.2 Å². The van der Waals surface area contributed by atoms with E-state index in [9.17, 15) is 13.6 Å². The molecule has 210 valence electrons. The fourth-order valence-corrected chi connectivity index (χ4v) is 5.05. The molecule has 0 bridgehead atoms. The minimum absolute atomic E-state index is 0.102. The number of halogens is 3. The van der Waals surface area contributed by atoms with E-state index in [1.54, 1.807) is 6.07 Å². The molecule has 40 heavy (non-hydrogen) atoms. The summed E-state index contributed by atoms with van der Waals surface area (Å²) in [6, 6.07) is 17.9. The van der Waals surface area contributed by atoms with Crippen molar-refractivity contribution in [2.24, 2.45) is 11.1 Å². The van der Waals surface area contributed by atoms with Crippen molar-refractivity contribution in [1.29, 1.82) is 0 Å². The molecule has 0 spiro atoms. The molecule has 0 saturated carbocycles. The van der Waals surface area contributed by atoms with Crippen LogP contribution in [0, 0.1) is 24.0 Å². The molecular formula is C32H35ClF2N4O. The first-order chi connectivity index (χ1) is 19.0. The van der Waals surface area contributed by atoms with E-state index < -0.39 is 23.1 Å². The van der Waals surface area contributed by atoms with E-state index in [2.05, 4.69) is 0 Å². The lowest BCUT2D eigenvalue weighted by Gasteiger charge is -2.40. The van der Waals surface area contributed by atoms with Crippen LogP contribution in [0.4, 0.5) is 8.78 Å². The third-order valence-electron chi connectivity index (χ3n) is 6.82. The van der Waals surface area contributed by atoms with Crippen LogP contribution in [0.5, 0.6) is 0 Å². The van der Waals surface area contributed by atoms with Crippen LogP contribution in [0.25, 0.3) is 11.3 Å². The standard InChI is InChI=1S/C32H35ClF2N4O/c1-21-9-11-22(12-10-21)31(40)39(16-6-15-36)29(32(2,3)4)30-37-28(23-7-5-8-25(33)17-23)20-38(30)19-24-13-14-26(34)18-27(24)35/h5,7-14,17-18,20,29H,6,15-16,19,36H2,1-4H3/t29-/m0/s1. The molecule has 0 fully saturated rings. The van der Waals surface area contributed by atoms with Gasteiger partial charge < -0.3 is 15.2 Å². The van der Waals surface area contributed by atoms with Gasteiger partial charge >= 0.3 is 0 Å². The van der Waals surface area contributed by atoms with E-state index in [0.717, 1.165) is 17.2 Å². The number of aryl methyl sites for hydroxylation is 1. The number of aromatic nitrogens is 2. The summed E-state index contributed by atoms with van der Waals surface area (Å²) in [5.41, 5.74) is 8.78. The van der Waals surface area contributed by atoms with Gasteiger partial charge in [-0.25, -0.2) is 13.8 Å². The van der Waals surface area contributed by atoms with E-state index >= 15 is 0 Å². The van der Waals surface area contributed by atoms with Gasteiger partial charge in [-0.3, -0.25) is 4.79 Å². The van der Waals surface area contributed by atoms with Crippen LogP contribution in [0.3, 0.4) is 0 Å². The lowest BCUT2D eigenvalue weighted by atomic mass is 9.84. The molecule has 2 N–H and O–H groups in total. The van der Waals surface area contributed by atoms with E-state index in [1.807, 2.05) is 85.8 Å². The number of carbonyl (C=O) groups excluding carboxylic acids is 1. The van der Waals surface area contributed by atoms with Crippen LogP contribution in [0.1, 0.15) is 60.5 Å². The summed E-state index contributed by atoms with van der Waals surface area (Å²) < 4.78 is 30.4. The number of rotatable bonds is 9. The summed E-state index contributed by atoms with van der Waals surface area (Å²) in [4.78, 5) is 20.9. The molecule has 0 radical (unpaired) electrons. The van der Waals surface area contributed by atoms with Gasteiger partial charge in [0.15, 0.2) is 0 Å². The van der Waals surface area contributed by atoms with Crippen LogP contribution in [0.15, 0.2) is 72.9 Å². The summed E-state index contributed by atoms with van der Waals surface area (Å²) in [6.45, 7) is 9.05. The van der Waals surface area contributed by atoms with Crippen LogP contribution < -0.4 is 5.73 Å². The maximum absolute atomic E-state index is 14.8. The highest BCUT2D eigenvalue weighted by Gasteiger charge is 2.38. The van der Waals surface area contributed by atoms with Gasteiger partial charge in [0, 0.05) is 40.5 Å². The van der Waals surface area contributed by atoms with E-state index in [-0.39, 0.29) is 12.5 Å². The monoisotopic (exact) mass is 564 g/mol. The Bertz CT molecular complexity index is 1480. The average Bonchev–Trinajstić information content (AvgIpc) is 3.30. The van der Waals surface area contributed by atoms with Crippen LogP contribution in [-0.2, 0) is 6.54 Å². The Morgan fingerprint density at radius 3 is 2.42 bits per heavy atom. The number of nitrogens with two attached hydrogens (primary N) is 1. The van der Waals surface area contributed by atoms with Gasteiger partial charge in [0.2, 0.25) is 0 Å². The van der Waals surface area contributed by atoms with E-state index in [4.69, 9.17) is 22.3 Å². The third-order valence-corrected chi connectivity index (χ3v) is 7.06. The van der Waals surface area contributed by atoms with Gasteiger partial charge in [-0.15, -0.1) is 0 Å². The Labute approximate surface area is 239 Å². The molecule has 4 aromatic rings. The van der Waals surface area contributed by atoms with Gasteiger partial charge in [0.05, 0.1) is 18.3 Å². The molecular weight excluding hydrogens is 530 g/mol. The highest BCUT2D eigenvalue weighted by molar-refractivity contribution is 6.30. The van der Waals surface area contributed by atoms with Crippen LogP contribution in [0.2, 0.25) is 5.02 Å². The summed E-state index contributed by atoms with van der Waals surface area (Å²) in [5.74, 6) is -0.841. The zero-order valence-corrected chi connectivity index (χ0v) is 24.1. The molecule has 0 unspecified atom stereocenters. The Kier molecular flexibility index (Phi) is 9.06. The lowest BCUT2D eigenvalue weighted by Crippen LogP contribution is -2.43. The fourth-order valence-electron chi connectivity index (χ4n) is 4.86. The highest BCUT2D eigenvalue weighted by atomic mass is 35.5. The molecule has 0 aliphatic rings. The number of carbonyl (C=O) groups is 1. The third kappa shape index (κ3) is 6.77. The summed E-state index contributed by atoms with van der Waals surface area (Å²) in [7, 11) is 0. The molecule has 0 aliphatic heterocycles. The highest BCUT2D eigenvalue weighted by Crippen LogP contribution is 2.40. The van der Waals surface area contributed by atoms with Gasteiger partial charge in [-0.2, -0.15) is 0 Å². The Balaban J connectivity index is 1.89. The molecule has 1 amide bonds. The predicted octanol–water partition coefficient (Wildman–Crippen LogP) is 7.42. The molecule has 1 aromatic heterocycles. The summed E-state index contributed by atoms with van der Waals surface area (Å²) in [6.07, 6.45) is 2.43. The molecule has 1 atom stereocenters. The molecule has 8 heteroatoms. The molecule has 1 heterocycles. The van der Waals surface area contributed by atoms with E-state index in [1.165, 1.54) is 12.1 Å². The van der Waals surface area contributed by atoms with Crippen molar-refractivity contribution in [3.63, 3.8) is 0 Å². The van der Waals surface area contributed by atoms with Crippen molar-refractivity contribution in [1.82, 2.24) is 14.5 Å². The maximum atomic E-state index is 14.8. The zero-order valence-electron chi connectivity index (χ0n) is 23.3. The smallest absolute Gasteiger partial charge is 0.254 e. The quantitative estimate of drug-likeness (QED) is 0.230. The van der Waals surface area contributed by atoms with Crippen LogP contribution in [-0.4, -0.2) is 33.4 Å². The van der Waals surface area contributed by atoms with Gasteiger partial charge in [-0.05, 0) is 55.6 Å². The number of imidazole rings is 1. The number of hydrogen-bond acceptors (Lipinski definition) is 3. The van der Waals surface area contributed by atoms with Gasteiger partial charge in [0.1, 0.15) is 17.5 Å². The van der Waals surface area contributed by atoms with Crippen molar-refractivity contribution < 1.29 is 13.6 Å². The number of nitrogens with zero attached hydrogens (tertiary/aromatic N) is 3. The van der Waals surface area contributed by atoms with Crippen molar-refractivity contribution in [2.45, 2.75) is 46.7 Å². The summed E-state index contributed by atoms with van der Waals surface area (Å²) in [5, 5.41) is 0.560. The second-order valence-corrected chi connectivity index (χ2v) is 11.6. The average molecular weight is 565 g/mol. The fraction of sp³-hybridized carbons (Fsp3) is 0.312. The SMILES string of the molecule is Cc1ccc(C(=O)N(CCCN)[C@@H](c2nc(-c3cccc(Cl)c3)cn2Cc2ccc(F)cc2F)C(C)(C)C)cc1. The maximum Gasteiger partial charge on any atom is 0.254 e. The summed E-state index contributed by atoms with van der Waals surface area (Å²) >= 11 is 6.29. The van der Waals surface area contributed by atoms with Crippen LogP contribution >= 0.6 is 11.6 Å². The van der Waals surface area contributed by atoms with Crippen molar-refractivity contribution >= 4 is 17.5 Å². The Hall–Kier alpha value is -3.55. The molecule has 0 aliphatic carbocycles. The second kappa shape index (κ2) is 12.3. The largest absolute Gasteiger partial charge is 0.330 e. The minimum atomic E-state index is -0.646. The second-order valence-electron chi connectivity index (χ2n) is 11.1. The normalized spacial score (nSPS) is 12.4. The molecule has 5 nitrogen and oxygen atoms in total. The zero-order chi connectivity index (χ0) is 29.0. The van der Waals surface area contributed by atoms with Crippen molar-refractivity contribution in [2.75, 3.05) is 13.1 Å². The Morgan fingerprint density at radius 1 is 1.07 bits per heavy atom. The van der Waals surface area contributed by atoms with Gasteiger partial charge in [-0.1, -0.05) is 68.3 Å².